The molecule has 0 saturated heterocycles. The smallest absolute Gasteiger partial charge is 0.333 e. The van der Waals surface area contributed by atoms with Gasteiger partial charge in [0.2, 0.25) is 0 Å². The Labute approximate surface area is 159 Å². The summed E-state index contributed by atoms with van der Waals surface area (Å²) in [5.41, 5.74) is 6.78. The monoisotopic (exact) mass is 372 g/mol. The summed E-state index contributed by atoms with van der Waals surface area (Å²) >= 11 is 0. The number of aryl methyl sites for hydroxylation is 1. The standard InChI is InChI=1S/C20H28N4O3/c1-14-6-5-7-15(12-14)20(10-3-2-4-11-20)13-21-19(27)24-23-18(26)17(25)22-16-8-9-16/h5-7,12,16H,2-4,8-11,13H2,1H3,(H,22,25)(H,23,26)(H2,21,24,27). The van der Waals surface area contributed by atoms with Crippen LogP contribution in [0.5, 0.6) is 0 Å². The van der Waals surface area contributed by atoms with Crippen molar-refractivity contribution in [2.45, 2.75) is 63.3 Å². The Morgan fingerprint density at radius 3 is 2.44 bits per heavy atom. The molecular formula is C20H28N4O3. The first kappa shape index (κ1) is 19.2. The first-order valence-electron chi connectivity index (χ1n) is 9.70. The SMILES string of the molecule is Cc1cccc(C2(CNC(=O)NNC(=O)C(=O)NC3CC3)CCCCC2)c1. The molecule has 7 nitrogen and oxygen atoms in total. The van der Waals surface area contributed by atoms with Gasteiger partial charge < -0.3 is 10.6 Å². The van der Waals surface area contributed by atoms with Gasteiger partial charge in [0.15, 0.2) is 0 Å². The lowest BCUT2D eigenvalue weighted by atomic mass is 9.69. The van der Waals surface area contributed by atoms with E-state index in [9.17, 15) is 14.4 Å². The third kappa shape index (κ3) is 5.21. The van der Waals surface area contributed by atoms with Crippen molar-refractivity contribution in [2.75, 3.05) is 6.54 Å². The number of hydrogen-bond acceptors (Lipinski definition) is 3. The van der Waals surface area contributed by atoms with Crippen molar-refractivity contribution < 1.29 is 14.4 Å². The van der Waals surface area contributed by atoms with E-state index in [0.717, 1.165) is 38.5 Å². The number of hydrogen-bond donors (Lipinski definition) is 4. The summed E-state index contributed by atoms with van der Waals surface area (Å²) in [5, 5.41) is 5.43. The average molecular weight is 372 g/mol. The van der Waals surface area contributed by atoms with Gasteiger partial charge in [0.1, 0.15) is 0 Å². The summed E-state index contributed by atoms with van der Waals surface area (Å²) in [5.74, 6) is -1.58. The zero-order valence-corrected chi connectivity index (χ0v) is 15.8. The Morgan fingerprint density at radius 2 is 1.78 bits per heavy atom. The molecule has 2 aliphatic carbocycles. The van der Waals surface area contributed by atoms with Gasteiger partial charge in [0.05, 0.1) is 0 Å². The summed E-state index contributed by atoms with van der Waals surface area (Å²) in [6.45, 7) is 2.56. The molecule has 4 amide bonds. The second-order valence-electron chi connectivity index (χ2n) is 7.72. The highest BCUT2D eigenvalue weighted by atomic mass is 16.2. The molecule has 0 spiro atoms. The minimum atomic E-state index is -0.858. The van der Waals surface area contributed by atoms with Gasteiger partial charge in [0, 0.05) is 18.0 Å². The van der Waals surface area contributed by atoms with Gasteiger partial charge in [-0.15, -0.1) is 0 Å². The van der Waals surface area contributed by atoms with Crippen LogP contribution in [0.15, 0.2) is 24.3 Å². The molecule has 1 aromatic carbocycles. The predicted molar refractivity (Wildman–Crippen MR) is 102 cm³/mol. The molecule has 0 radical (unpaired) electrons. The number of rotatable bonds is 4. The fraction of sp³-hybridized carbons (Fsp3) is 0.550. The van der Waals surface area contributed by atoms with Crippen LogP contribution in [0.25, 0.3) is 0 Å². The summed E-state index contributed by atoms with van der Waals surface area (Å²) in [6.07, 6.45) is 7.32. The Balaban J connectivity index is 1.53. The Morgan fingerprint density at radius 1 is 1.04 bits per heavy atom. The summed E-state index contributed by atoms with van der Waals surface area (Å²) in [6, 6.07) is 8.02. The molecular weight excluding hydrogens is 344 g/mol. The highest BCUT2D eigenvalue weighted by Gasteiger charge is 2.34. The van der Waals surface area contributed by atoms with Gasteiger partial charge in [-0.1, -0.05) is 49.1 Å². The van der Waals surface area contributed by atoms with Crippen LogP contribution in [-0.4, -0.2) is 30.4 Å². The Kier molecular flexibility index (Phi) is 5.98. The van der Waals surface area contributed by atoms with Crippen LogP contribution in [0.3, 0.4) is 0 Å². The molecule has 3 rings (SSSR count). The van der Waals surface area contributed by atoms with Crippen LogP contribution in [0.1, 0.15) is 56.1 Å². The number of carbonyl (C=O) groups excluding carboxylic acids is 3. The van der Waals surface area contributed by atoms with Gasteiger partial charge in [-0.2, -0.15) is 0 Å². The molecule has 2 aliphatic rings. The van der Waals surface area contributed by atoms with Crippen molar-refractivity contribution in [1.82, 2.24) is 21.5 Å². The van der Waals surface area contributed by atoms with Crippen molar-refractivity contribution in [2.24, 2.45) is 0 Å². The average Bonchev–Trinajstić information content (AvgIpc) is 3.49. The zero-order chi connectivity index (χ0) is 19.3. The second-order valence-corrected chi connectivity index (χ2v) is 7.72. The van der Waals surface area contributed by atoms with E-state index in [1.807, 2.05) is 0 Å². The van der Waals surface area contributed by atoms with Crippen molar-refractivity contribution >= 4 is 17.8 Å². The van der Waals surface area contributed by atoms with Gasteiger partial charge in [-0.3, -0.25) is 15.0 Å². The van der Waals surface area contributed by atoms with E-state index in [1.54, 1.807) is 0 Å². The zero-order valence-electron chi connectivity index (χ0n) is 15.8. The van der Waals surface area contributed by atoms with E-state index >= 15 is 0 Å². The lowest BCUT2D eigenvalue weighted by molar-refractivity contribution is -0.139. The molecule has 0 heterocycles. The summed E-state index contributed by atoms with van der Waals surface area (Å²) < 4.78 is 0. The predicted octanol–water partition coefficient (Wildman–Crippen LogP) is 1.81. The second kappa shape index (κ2) is 8.41. The molecule has 0 unspecified atom stereocenters. The third-order valence-electron chi connectivity index (χ3n) is 5.44. The third-order valence-corrected chi connectivity index (χ3v) is 5.44. The molecule has 0 aromatic heterocycles. The lowest BCUT2D eigenvalue weighted by Gasteiger charge is -2.38. The van der Waals surface area contributed by atoms with E-state index in [4.69, 9.17) is 0 Å². The maximum atomic E-state index is 12.1. The number of benzene rings is 1. The van der Waals surface area contributed by atoms with Gasteiger partial charge >= 0.3 is 17.8 Å². The first-order valence-corrected chi connectivity index (χ1v) is 9.70. The molecule has 0 atom stereocenters. The molecule has 4 N–H and O–H groups in total. The number of hydrazine groups is 1. The maximum Gasteiger partial charge on any atom is 0.333 e. The van der Waals surface area contributed by atoms with Crippen LogP contribution < -0.4 is 21.5 Å². The highest BCUT2D eigenvalue weighted by molar-refractivity contribution is 6.35. The number of carbonyl (C=O) groups is 3. The molecule has 0 aliphatic heterocycles. The van der Waals surface area contributed by atoms with Crippen molar-refractivity contribution in [3.8, 4) is 0 Å². The lowest BCUT2D eigenvalue weighted by Crippen LogP contribution is -2.53. The van der Waals surface area contributed by atoms with Crippen LogP contribution >= 0.6 is 0 Å². The summed E-state index contributed by atoms with van der Waals surface area (Å²) in [4.78, 5) is 35.4. The minimum Gasteiger partial charge on any atom is -0.345 e. The van der Waals surface area contributed by atoms with E-state index in [1.165, 1.54) is 17.5 Å². The van der Waals surface area contributed by atoms with Crippen molar-refractivity contribution in [3.05, 3.63) is 35.4 Å². The van der Waals surface area contributed by atoms with E-state index in [2.05, 4.69) is 52.7 Å². The summed E-state index contributed by atoms with van der Waals surface area (Å²) in [7, 11) is 0. The normalized spacial score (nSPS) is 18.3. The molecule has 146 valence electrons. The van der Waals surface area contributed by atoms with E-state index in [-0.39, 0.29) is 11.5 Å². The van der Waals surface area contributed by atoms with Crippen LogP contribution in [-0.2, 0) is 15.0 Å². The topological polar surface area (TPSA) is 99.3 Å². The molecule has 2 saturated carbocycles. The van der Waals surface area contributed by atoms with Gasteiger partial charge in [0.25, 0.3) is 0 Å². The van der Waals surface area contributed by atoms with E-state index in [0.29, 0.717) is 6.54 Å². The molecule has 1 aromatic rings. The Bertz CT molecular complexity index is 709. The fourth-order valence-electron chi connectivity index (χ4n) is 3.71. The molecule has 2 fully saturated rings. The highest BCUT2D eigenvalue weighted by Crippen LogP contribution is 2.39. The van der Waals surface area contributed by atoms with Gasteiger partial charge in [-0.05, 0) is 38.2 Å². The van der Waals surface area contributed by atoms with Crippen LogP contribution in [0, 0.1) is 6.92 Å². The maximum absolute atomic E-state index is 12.1. The van der Waals surface area contributed by atoms with Crippen LogP contribution in [0.4, 0.5) is 4.79 Å². The molecule has 27 heavy (non-hydrogen) atoms. The van der Waals surface area contributed by atoms with Crippen molar-refractivity contribution in [1.29, 1.82) is 0 Å². The van der Waals surface area contributed by atoms with Crippen LogP contribution in [0.2, 0.25) is 0 Å². The molecule has 7 heteroatoms. The largest absolute Gasteiger partial charge is 0.345 e. The Hall–Kier alpha value is -2.57. The number of urea groups is 1. The fourth-order valence-corrected chi connectivity index (χ4v) is 3.71. The van der Waals surface area contributed by atoms with E-state index < -0.39 is 17.8 Å². The van der Waals surface area contributed by atoms with Crippen molar-refractivity contribution in [3.63, 3.8) is 0 Å². The minimum absolute atomic E-state index is 0.0883. The molecule has 0 bridgehead atoms. The number of nitrogens with one attached hydrogen (secondary N) is 4. The number of amides is 4. The quantitative estimate of drug-likeness (QED) is 0.479. The van der Waals surface area contributed by atoms with Gasteiger partial charge in [-0.25, -0.2) is 10.2 Å². The first-order chi connectivity index (χ1) is 13.0.